The van der Waals surface area contributed by atoms with Gasteiger partial charge in [0.2, 0.25) is 12.3 Å². The summed E-state index contributed by atoms with van der Waals surface area (Å²) in [6.07, 6.45) is 0.534. The fourth-order valence-electron chi connectivity index (χ4n) is 1.06. The molecule has 0 saturated carbocycles. The van der Waals surface area contributed by atoms with Crippen molar-refractivity contribution >= 4 is 12.3 Å². The number of nitrogens with zero attached hydrogens (tertiary/aromatic N) is 1. The van der Waals surface area contributed by atoms with Crippen LogP contribution in [0.15, 0.2) is 0 Å². The first-order chi connectivity index (χ1) is 5.63. The number of hydrogen-bond donors (Lipinski definition) is 1. The molecule has 1 N–H and O–H groups in total. The molecule has 0 radical (unpaired) electrons. The standard InChI is InChI=1S/C8H16N2O2/c1-4-10(7(2)3)8(12)5-9-6-11/h6-7H,4-5H2,1-3H3,(H,9,11). The van der Waals surface area contributed by atoms with Gasteiger partial charge < -0.3 is 10.2 Å². The van der Waals surface area contributed by atoms with Gasteiger partial charge in [-0.2, -0.15) is 0 Å². The minimum absolute atomic E-state index is 0.0420. The molecule has 12 heavy (non-hydrogen) atoms. The summed E-state index contributed by atoms with van der Waals surface area (Å²) in [6.45, 7) is 6.58. The van der Waals surface area contributed by atoms with Gasteiger partial charge in [-0.15, -0.1) is 0 Å². The second kappa shape index (κ2) is 5.57. The third-order valence-corrected chi connectivity index (χ3v) is 1.62. The van der Waals surface area contributed by atoms with Crippen LogP contribution in [-0.2, 0) is 9.59 Å². The van der Waals surface area contributed by atoms with E-state index in [1.165, 1.54) is 0 Å². The van der Waals surface area contributed by atoms with Crippen LogP contribution in [-0.4, -0.2) is 36.3 Å². The van der Waals surface area contributed by atoms with Gasteiger partial charge in [-0.3, -0.25) is 9.59 Å². The van der Waals surface area contributed by atoms with Gasteiger partial charge in [0.25, 0.3) is 0 Å². The lowest BCUT2D eigenvalue weighted by Gasteiger charge is -2.24. The molecule has 0 fully saturated rings. The normalized spacial score (nSPS) is 9.67. The molecule has 0 spiro atoms. The molecule has 2 amide bonds. The Balaban J connectivity index is 3.94. The van der Waals surface area contributed by atoms with Gasteiger partial charge in [-0.25, -0.2) is 0 Å². The largest absolute Gasteiger partial charge is 0.350 e. The number of likely N-dealkylation sites (N-methyl/N-ethyl adjacent to an activating group) is 1. The summed E-state index contributed by atoms with van der Waals surface area (Å²) in [5, 5.41) is 2.35. The van der Waals surface area contributed by atoms with Crippen LogP contribution in [0.3, 0.4) is 0 Å². The SMILES string of the molecule is CCN(C(=O)CNC=O)C(C)C. The fraction of sp³-hybridized carbons (Fsp3) is 0.750. The maximum Gasteiger partial charge on any atom is 0.242 e. The maximum absolute atomic E-state index is 11.3. The fourth-order valence-corrected chi connectivity index (χ4v) is 1.06. The number of nitrogens with one attached hydrogen (secondary N) is 1. The number of hydrogen-bond acceptors (Lipinski definition) is 2. The van der Waals surface area contributed by atoms with E-state index < -0.39 is 0 Å². The molecular weight excluding hydrogens is 156 g/mol. The van der Waals surface area contributed by atoms with Crippen molar-refractivity contribution < 1.29 is 9.59 Å². The second-order valence-corrected chi connectivity index (χ2v) is 2.77. The predicted molar refractivity (Wildman–Crippen MR) is 46.6 cm³/mol. The van der Waals surface area contributed by atoms with Gasteiger partial charge in [0.1, 0.15) is 0 Å². The quantitative estimate of drug-likeness (QED) is 0.593. The van der Waals surface area contributed by atoms with Crippen LogP contribution in [0.2, 0.25) is 0 Å². The first-order valence-corrected chi connectivity index (χ1v) is 4.10. The summed E-state index contributed by atoms with van der Waals surface area (Å²) in [6, 6.07) is 0.191. The van der Waals surface area contributed by atoms with Gasteiger partial charge in [-0.1, -0.05) is 0 Å². The van der Waals surface area contributed by atoms with Crippen molar-refractivity contribution in [3.8, 4) is 0 Å². The molecule has 4 heteroatoms. The molecule has 0 aromatic rings. The van der Waals surface area contributed by atoms with E-state index in [0.29, 0.717) is 13.0 Å². The summed E-state index contributed by atoms with van der Waals surface area (Å²) in [4.78, 5) is 22.9. The van der Waals surface area contributed by atoms with Gasteiger partial charge in [0.05, 0.1) is 6.54 Å². The molecule has 0 aromatic heterocycles. The zero-order chi connectivity index (χ0) is 9.56. The number of carbonyl (C=O) groups is 2. The van der Waals surface area contributed by atoms with Gasteiger partial charge in [-0.05, 0) is 20.8 Å². The third kappa shape index (κ3) is 3.37. The van der Waals surface area contributed by atoms with E-state index in [-0.39, 0.29) is 18.5 Å². The van der Waals surface area contributed by atoms with Crippen LogP contribution in [0.5, 0.6) is 0 Å². The average Bonchev–Trinajstić information content (AvgIpc) is 2.01. The minimum Gasteiger partial charge on any atom is -0.350 e. The molecular formula is C8H16N2O2. The molecule has 0 unspecified atom stereocenters. The van der Waals surface area contributed by atoms with E-state index in [0.717, 1.165) is 0 Å². The van der Waals surface area contributed by atoms with E-state index in [4.69, 9.17) is 0 Å². The zero-order valence-corrected chi connectivity index (χ0v) is 7.83. The first-order valence-electron chi connectivity index (χ1n) is 4.10. The second-order valence-electron chi connectivity index (χ2n) is 2.77. The monoisotopic (exact) mass is 172 g/mol. The van der Waals surface area contributed by atoms with Crippen molar-refractivity contribution in [2.45, 2.75) is 26.8 Å². The topological polar surface area (TPSA) is 49.4 Å². The Morgan fingerprint density at radius 3 is 2.50 bits per heavy atom. The maximum atomic E-state index is 11.3. The summed E-state index contributed by atoms with van der Waals surface area (Å²) in [5.74, 6) is -0.0420. The Morgan fingerprint density at radius 2 is 2.17 bits per heavy atom. The Kier molecular flexibility index (Phi) is 5.08. The van der Waals surface area contributed by atoms with Crippen molar-refractivity contribution in [2.24, 2.45) is 0 Å². The Labute approximate surface area is 72.9 Å². The van der Waals surface area contributed by atoms with E-state index in [2.05, 4.69) is 5.32 Å². The molecule has 0 rings (SSSR count). The molecule has 0 saturated heterocycles. The number of amides is 2. The van der Waals surface area contributed by atoms with Crippen molar-refractivity contribution in [3.05, 3.63) is 0 Å². The molecule has 4 nitrogen and oxygen atoms in total. The summed E-state index contributed by atoms with van der Waals surface area (Å²) >= 11 is 0. The molecule has 0 atom stereocenters. The lowest BCUT2D eigenvalue weighted by atomic mass is 10.3. The van der Waals surface area contributed by atoms with Gasteiger partial charge >= 0.3 is 0 Å². The number of rotatable bonds is 5. The lowest BCUT2D eigenvalue weighted by Crippen LogP contribution is -2.41. The van der Waals surface area contributed by atoms with Crippen molar-refractivity contribution in [2.75, 3.05) is 13.1 Å². The summed E-state index contributed by atoms with van der Waals surface area (Å²) in [7, 11) is 0. The summed E-state index contributed by atoms with van der Waals surface area (Å²) < 4.78 is 0. The van der Waals surface area contributed by atoms with Crippen molar-refractivity contribution in [1.82, 2.24) is 10.2 Å². The van der Waals surface area contributed by atoms with Crippen molar-refractivity contribution in [1.29, 1.82) is 0 Å². The van der Waals surface area contributed by atoms with Crippen LogP contribution < -0.4 is 5.32 Å². The zero-order valence-electron chi connectivity index (χ0n) is 7.83. The van der Waals surface area contributed by atoms with Crippen LogP contribution in [0.25, 0.3) is 0 Å². The first kappa shape index (κ1) is 10.9. The van der Waals surface area contributed by atoms with Crippen LogP contribution in [0, 0.1) is 0 Å². The van der Waals surface area contributed by atoms with E-state index in [1.54, 1.807) is 4.90 Å². The molecule has 0 aliphatic carbocycles. The van der Waals surface area contributed by atoms with Gasteiger partial charge in [0, 0.05) is 12.6 Å². The smallest absolute Gasteiger partial charge is 0.242 e. The Hall–Kier alpha value is -1.06. The highest BCUT2D eigenvalue weighted by Crippen LogP contribution is 1.96. The molecule has 0 aliphatic rings. The molecule has 0 bridgehead atoms. The molecule has 0 aliphatic heterocycles. The molecule has 0 aromatic carbocycles. The van der Waals surface area contributed by atoms with Gasteiger partial charge in [0.15, 0.2) is 0 Å². The lowest BCUT2D eigenvalue weighted by molar-refractivity contribution is -0.132. The minimum atomic E-state index is -0.0420. The van der Waals surface area contributed by atoms with Crippen LogP contribution >= 0.6 is 0 Å². The van der Waals surface area contributed by atoms with Crippen molar-refractivity contribution in [3.63, 3.8) is 0 Å². The average molecular weight is 172 g/mol. The third-order valence-electron chi connectivity index (χ3n) is 1.62. The number of carbonyl (C=O) groups excluding carboxylic acids is 2. The van der Waals surface area contributed by atoms with E-state index >= 15 is 0 Å². The molecule has 70 valence electrons. The molecule has 0 heterocycles. The highest BCUT2D eigenvalue weighted by atomic mass is 16.2. The van der Waals surface area contributed by atoms with Crippen LogP contribution in [0.4, 0.5) is 0 Å². The van der Waals surface area contributed by atoms with Crippen LogP contribution in [0.1, 0.15) is 20.8 Å². The predicted octanol–water partition coefficient (Wildman–Crippen LogP) is -0.0107. The Morgan fingerprint density at radius 1 is 1.58 bits per heavy atom. The Bertz CT molecular complexity index is 157. The summed E-state index contributed by atoms with van der Waals surface area (Å²) in [5.41, 5.74) is 0. The highest BCUT2D eigenvalue weighted by molar-refractivity contribution is 5.80. The van der Waals surface area contributed by atoms with E-state index in [9.17, 15) is 9.59 Å². The highest BCUT2D eigenvalue weighted by Gasteiger charge is 2.13. The van der Waals surface area contributed by atoms with E-state index in [1.807, 2.05) is 20.8 Å².